The molecule has 0 aliphatic heterocycles. The highest BCUT2D eigenvalue weighted by Crippen LogP contribution is 2.29. The highest BCUT2D eigenvalue weighted by molar-refractivity contribution is 9.10. The molecule has 0 heterocycles. The number of methoxy groups -OCH3 is 1. The predicted molar refractivity (Wildman–Crippen MR) is 77.4 cm³/mol. The molecule has 0 fully saturated rings. The van der Waals surface area contributed by atoms with E-state index in [0.717, 1.165) is 21.6 Å². The molecule has 0 spiro atoms. The summed E-state index contributed by atoms with van der Waals surface area (Å²) in [6.45, 7) is 0. The van der Waals surface area contributed by atoms with Crippen molar-refractivity contribution in [2.75, 3.05) is 12.4 Å². The number of hydrogen-bond donors (Lipinski definition) is 2. The van der Waals surface area contributed by atoms with Crippen molar-refractivity contribution in [3.8, 4) is 5.75 Å². The number of carboxylic acids is 1. The molecule has 0 amide bonds. The van der Waals surface area contributed by atoms with Crippen molar-refractivity contribution in [1.82, 2.24) is 0 Å². The lowest BCUT2D eigenvalue weighted by atomic mass is 10.2. The van der Waals surface area contributed by atoms with Crippen LogP contribution in [0.4, 0.5) is 11.4 Å². The maximum atomic E-state index is 10.7. The highest BCUT2D eigenvalue weighted by Gasteiger charge is 2.04. The van der Waals surface area contributed by atoms with Crippen LogP contribution < -0.4 is 10.1 Å². The van der Waals surface area contributed by atoms with Crippen molar-refractivity contribution in [3.63, 3.8) is 0 Å². The molecule has 0 aliphatic rings. The minimum Gasteiger partial charge on any atom is -0.496 e. The maximum absolute atomic E-state index is 10.7. The third-order valence-electron chi connectivity index (χ3n) is 2.57. The van der Waals surface area contributed by atoms with Crippen LogP contribution in [0.25, 0.3) is 0 Å². The van der Waals surface area contributed by atoms with E-state index in [1.165, 1.54) is 0 Å². The van der Waals surface area contributed by atoms with Crippen LogP contribution in [0.5, 0.6) is 5.75 Å². The van der Waals surface area contributed by atoms with Gasteiger partial charge in [-0.1, -0.05) is 0 Å². The van der Waals surface area contributed by atoms with Gasteiger partial charge in [0.05, 0.1) is 17.1 Å². The summed E-state index contributed by atoms with van der Waals surface area (Å²) in [6, 6.07) is 12.2. The standard InChI is InChI=1S/C14H12BrNO3/c1-19-13-7-6-11(8-12(13)15)16-10-4-2-9(3-5-10)14(17)18/h2-8,16H,1H3,(H,17,18). The van der Waals surface area contributed by atoms with Crippen LogP contribution in [0.3, 0.4) is 0 Å². The molecule has 0 atom stereocenters. The molecular formula is C14H12BrNO3. The van der Waals surface area contributed by atoms with Crippen molar-refractivity contribution in [2.45, 2.75) is 0 Å². The average Bonchev–Trinajstić information content (AvgIpc) is 2.39. The average molecular weight is 322 g/mol. The van der Waals surface area contributed by atoms with E-state index >= 15 is 0 Å². The summed E-state index contributed by atoms with van der Waals surface area (Å²) < 4.78 is 6.00. The Labute approximate surface area is 119 Å². The molecule has 5 heteroatoms. The molecule has 0 bridgehead atoms. The van der Waals surface area contributed by atoms with Gasteiger partial charge < -0.3 is 15.2 Å². The number of carbonyl (C=O) groups is 1. The van der Waals surface area contributed by atoms with Gasteiger partial charge in [-0.3, -0.25) is 0 Å². The second-order valence-corrected chi connectivity index (χ2v) is 4.71. The van der Waals surface area contributed by atoms with Gasteiger partial charge in [0.1, 0.15) is 5.75 Å². The third kappa shape index (κ3) is 3.26. The van der Waals surface area contributed by atoms with Crippen LogP contribution in [-0.4, -0.2) is 18.2 Å². The number of carboxylic acid groups (broad SMARTS) is 1. The molecule has 0 saturated heterocycles. The summed E-state index contributed by atoms with van der Waals surface area (Å²) in [4.78, 5) is 10.7. The van der Waals surface area contributed by atoms with E-state index in [2.05, 4.69) is 21.2 Å². The summed E-state index contributed by atoms with van der Waals surface area (Å²) in [5.74, 6) is -0.175. The lowest BCUT2D eigenvalue weighted by molar-refractivity contribution is 0.0697. The largest absolute Gasteiger partial charge is 0.496 e. The normalized spacial score (nSPS) is 10.0. The van der Waals surface area contributed by atoms with Crippen molar-refractivity contribution in [1.29, 1.82) is 0 Å². The fraction of sp³-hybridized carbons (Fsp3) is 0.0714. The van der Waals surface area contributed by atoms with Crippen molar-refractivity contribution in [2.24, 2.45) is 0 Å². The minimum atomic E-state index is -0.932. The van der Waals surface area contributed by atoms with E-state index in [0.29, 0.717) is 0 Å². The van der Waals surface area contributed by atoms with Crippen LogP contribution in [0.2, 0.25) is 0 Å². The van der Waals surface area contributed by atoms with E-state index in [4.69, 9.17) is 9.84 Å². The Bertz CT molecular complexity index is 596. The lowest BCUT2D eigenvalue weighted by Gasteiger charge is -2.09. The first-order valence-electron chi connectivity index (χ1n) is 5.54. The SMILES string of the molecule is COc1ccc(Nc2ccc(C(=O)O)cc2)cc1Br. The number of hydrogen-bond acceptors (Lipinski definition) is 3. The Hall–Kier alpha value is -2.01. The number of rotatable bonds is 4. The van der Waals surface area contributed by atoms with Gasteiger partial charge >= 0.3 is 5.97 Å². The molecule has 0 aromatic heterocycles. The Kier molecular flexibility index (Phi) is 4.06. The molecular weight excluding hydrogens is 310 g/mol. The molecule has 0 radical (unpaired) electrons. The van der Waals surface area contributed by atoms with E-state index in [1.54, 1.807) is 31.4 Å². The fourth-order valence-electron chi connectivity index (χ4n) is 1.61. The van der Waals surface area contributed by atoms with Crippen LogP contribution in [0.15, 0.2) is 46.9 Å². The van der Waals surface area contributed by atoms with Crippen molar-refractivity contribution in [3.05, 3.63) is 52.5 Å². The molecule has 2 aromatic rings. The lowest BCUT2D eigenvalue weighted by Crippen LogP contribution is -1.96. The zero-order valence-electron chi connectivity index (χ0n) is 10.2. The second-order valence-electron chi connectivity index (χ2n) is 3.86. The van der Waals surface area contributed by atoms with Gasteiger partial charge in [0, 0.05) is 11.4 Å². The predicted octanol–water partition coefficient (Wildman–Crippen LogP) is 3.90. The molecule has 4 nitrogen and oxygen atoms in total. The van der Waals surface area contributed by atoms with Gasteiger partial charge in [-0.2, -0.15) is 0 Å². The second kappa shape index (κ2) is 5.75. The first kappa shape index (κ1) is 13.4. The van der Waals surface area contributed by atoms with Crippen molar-refractivity contribution >= 4 is 33.3 Å². The van der Waals surface area contributed by atoms with E-state index < -0.39 is 5.97 Å². The van der Waals surface area contributed by atoms with Gasteiger partial charge in [-0.15, -0.1) is 0 Å². The first-order chi connectivity index (χ1) is 9.10. The number of anilines is 2. The van der Waals surface area contributed by atoms with Crippen LogP contribution >= 0.6 is 15.9 Å². The summed E-state index contributed by atoms with van der Waals surface area (Å²) in [5, 5.41) is 12.0. The minimum absolute atomic E-state index is 0.265. The number of benzene rings is 2. The number of nitrogens with one attached hydrogen (secondary N) is 1. The summed E-state index contributed by atoms with van der Waals surface area (Å²) in [6.07, 6.45) is 0. The van der Waals surface area contributed by atoms with Gasteiger partial charge in [0.25, 0.3) is 0 Å². The topological polar surface area (TPSA) is 58.6 Å². The summed E-state index contributed by atoms with van der Waals surface area (Å²) in [5.41, 5.74) is 1.97. The monoisotopic (exact) mass is 321 g/mol. The fourth-order valence-corrected chi connectivity index (χ4v) is 2.15. The molecule has 0 aliphatic carbocycles. The van der Waals surface area contributed by atoms with Crippen LogP contribution in [0, 0.1) is 0 Å². The quantitative estimate of drug-likeness (QED) is 0.896. The molecule has 98 valence electrons. The van der Waals surface area contributed by atoms with Gasteiger partial charge in [0.2, 0.25) is 0 Å². The highest BCUT2D eigenvalue weighted by atomic mass is 79.9. The molecule has 0 saturated carbocycles. The maximum Gasteiger partial charge on any atom is 0.335 e. The molecule has 2 rings (SSSR count). The first-order valence-corrected chi connectivity index (χ1v) is 6.33. The molecule has 2 N–H and O–H groups in total. The zero-order valence-corrected chi connectivity index (χ0v) is 11.8. The van der Waals surface area contributed by atoms with Gasteiger partial charge in [0.15, 0.2) is 0 Å². The van der Waals surface area contributed by atoms with Crippen LogP contribution in [0.1, 0.15) is 10.4 Å². The van der Waals surface area contributed by atoms with Crippen molar-refractivity contribution < 1.29 is 14.6 Å². The molecule has 2 aromatic carbocycles. The Balaban J connectivity index is 2.16. The van der Waals surface area contributed by atoms with Gasteiger partial charge in [-0.05, 0) is 58.4 Å². The molecule has 0 unspecified atom stereocenters. The zero-order chi connectivity index (χ0) is 13.8. The number of halogens is 1. The van der Waals surface area contributed by atoms with Gasteiger partial charge in [-0.25, -0.2) is 4.79 Å². The smallest absolute Gasteiger partial charge is 0.335 e. The van der Waals surface area contributed by atoms with E-state index in [1.807, 2.05) is 18.2 Å². The molecule has 19 heavy (non-hydrogen) atoms. The Morgan fingerprint density at radius 3 is 2.32 bits per heavy atom. The van der Waals surface area contributed by atoms with Crippen LogP contribution in [-0.2, 0) is 0 Å². The third-order valence-corrected chi connectivity index (χ3v) is 3.19. The Morgan fingerprint density at radius 2 is 1.79 bits per heavy atom. The summed E-state index contributed by atoms with van der Waals surface area (Å²) >= 11 is 3.41. The van der Waals surface area contributed by atoms with E-state index in [9.17, 15) is 4.79 Å². The Morgan fingerprint density at radius 1 is 1.16 bits per heavy atom. The number of ether oxygens (including phenoxy) is 1. The number of aromatic carboxylic acids is 1. The summed E-state index contributed by atoms with van der Waals surface area (Å²) in [7, 11) is 1.61. The van der Waals surface area contributed by atoms with E-state index in [-0.39, 0.29) is 5.56 Å².